The Morgan fingerprint density at radius 2 is 1.59 bits per heavy atom. The highest BCUT2D eigenvalue weighted by molar-refractivity contribution is 5.72. The van der Waals surface area contributed by atoms with Gasteiger partial charge in [0.15, 0.2) is 11.5 Å². The lowest BCUT2D eigenvalue weighted by Crippen LogP contribution is -2.08. The van der Waals surface area contributed by atoms with Gasteiger partial charge in [-0.05, 0) is 25.1 Å². The molecule has 2 aromatic rings. The number of methoxy groups -OCH3 is 3. The standard InChI is InChI=1S/C16H18N2O4/c1-10-7-16(19)18-15(17-10)6-5-11-8-13(21-3)14(22-4)9-12(11)20-2/h5-9H,1-4H3,(H,17,18,19). The molecule has 0 radical (unpaired) electrons. The summed E-state index contributed by atoms with van der Waals surface area (Å²) in [5.74, 6) is 2.28. The second-order valence-corrected chi connectivity index (χ2v) is 4.55. The summed E-state index contributed by atoms with van der Waals surface area (Å²) in [7, 11) is 4.71. The summed E-state index contributed by atoms with van der Waals surface area (Å²) < 4.78 is 15.9. The van der Waals surface area contributed by atoms with Gasteiger partial charge in [-0.3, -0.25) is 4.79 Å². The van der Waals surface area contributed by atoms with Crippen LogP contribution < -0.4 is 19.8 Å². The molecule has 0 bridgehead atoms. The molecule has 6 heteroatoms. The van der Waals surface area contributed by atoms with Crippen molar-refractivity contribution in [3.8, 4) is 17.2 Å². The van der Waals surface area contributed by atoms with Gasteiger partial charge < -0.3 is 19.2 Å². The van der Waals surface area contributed by atoms with Gasteiger partial charge in [-0.15, -0.1) is 0 Å². The molecule has 0 atom stereocenters. The molecule has 1 aromatic carbocycles. The average Bonchev–Trinajstić information content (AvgIpc) is 2.51. The van der Waals surface area contributed by atoms with E-state index in [1.165, 1.54) is 6.07 Å². The largest absolute Gasteiger partial charge is 0.496 e. The lowest BCUT2D eigenvalue weighted by Gasteiger charge is -2.12. The van der Waals surface area contributed by atoms with Gasteiger partial charge in [0.25, 0.3) is 5.56 Å². The molecule has 116 valence electrons. The monoisotopic (exact) mass is 302 g/mol. The van der Waals surface area contributed by atoms with Crippen LogP contribution in [0.5, 0.6) is 17.2 Å². The maximum absolute atomic E-state index is 11.4. The van der Waals surface area contributed by atoms with Crippen LogP contribution in [0, 0.1) is 6.92 Å². The van der Waals surface area contributed by atoms with Crippen LogP contribution in [0.1, 0.15) is 17.1 Å². The van der Waals surface area contributed by atoms with Crippen LogP contribution in [-0.4, -0.2) is 31.3 Å². The summed E-state index contributed by atoms with van der Waals surface area (Å²) >= 11 is 0. The van der Waals surface area contributed by atoms with E-state index < -0.39 is 0 Å². The van der Waals surface area contributed by atoms with E-state index in [1.54, 1.807) is 52.5 Å². The second-order valence-electron chi connectivity index (χ2n) is 4.55. The van der Waals surface area contributed by atoms with Gasteiger partial charge >= 0.3 is 0 Å². The van der Waals surface area contributed by atoms with E-state index in [9.17, 15) is 4.79 Å². The van der Waals surface area contributed by atoms with Gasteiger partial charge in [-0.2, -0.15) is 0 Å². The summed E-state index contributed by atoms with van der Waals surface area (Å²) in [6, 6.07) is 4.97. The Balaban J connectivity index is 2.43. The number of hydrogen-bond donors (Lipinski definition) is 1. The maximum atomic E-state index is 11.4. The Kier molecular flexibility index (Phi) is 4.83. The minimum absolute atomic E-state index is 0.188. The van der Waals surface area contributed by atoms with Crippen molar-refractivity contribution in [3.05, 3.63) is 45.6 Å². The quantitative estimate of drug-likeness (QED) is 0.917. The number of nitrogens with zero attached hydrogens (tertiary/aromatic N) is 1. The van der Waals surface area contributed by atoms with Crippen molar-refractivity contribution >= 4 is 12.2 Å². The van der Waals surface area contributed by atoms with Gasteiger partial charge in [0.05, 0.1) is 21.3 Å². The van der Waals surface area contributed by atoms with Crippen LogP contribution in [0.4, 0.5) is 0 Å². The molecule has 0 saturated heterocycles. The molecule has 0 spiro atoms. The zero-order valence-electron chi connectivity index (χ0n) is 13.0. The fourth-order valence-electron chi connectivity index (χ4n) is 2.03. The molecule has 0 saturated carbocycles. The predicted molar refractivity (Wildman–Crippen MR) is 84.6 cm³/mol. The van der Waals surface area contributed by atoms with Crippen molar-refractivity contribution in [2.45, 2.75) is 6.92 Å². The van der Waals surface area contributed by atoms with Crippen molar-refractivity contribution in [3.63, 3.8) is 0 Å². The highest BCUT2D eigenvalue weighted by Crippen LogP contribution is 2.35. The van der Waals surface area contributed by atoms with Crippen LogP contribution in [0.15, 0.2) is 23.0 Å². The number of aryl methyl sites for hydroxylation is 1. The van der Waals surface area contributed by atoms with Gasteiger partial charge in [0.1, 0.15) is 11.6 Å². The molecule has 0 fully saturated rings. The Bertz CT molecular complexity index is 750. The van der Waals surface area contributed by atoms with E-state index in [2.05, 4.69) is 9.97 Å². The summed E-state index contributed by atoms with van der Waals surface area (Å²) in [5, 5.41) is 0. The van der Waals surface area contributed by atoms with Crippen LogP contribution in [0.25, 0.3) is 12.2 Å². The zero-order valence-corrected chi connectivity index (χ0v) is 13.0. The molecule has 1 N–H and O–H groups in total. The smallest absolute Gasteiger partial charge is 0.251 e. The first-order valence-corrected chi connectivity index (χ1v) is 6.63. The molecule has 2 rings (SSSR count). The van der Waals surface area contributed by atoms with Gasteiger partial charge in [-0.25, -0.2) is 4.98 Å². The van der Waals surface area contributed by atoms with Crippen molar-refractivity contribution in [1.29, 1.82) is 0 Å². The molecule has 0 aliphatic heterocycles. The molecule has 6 nitrogen and oxygen atoms in total. The third-order valence-electron chi connectivity index (χ3n) is 3.04. The number of ether oxygens (including phenoxy) is 3. The Morgan fingerprint density at radius 3 is 2.18 bits per heavy atom. The molecule has 0 aliphatic carbocycles. The van der Waals surface area contributed by atoms with Crippen LogP contribution in [0.3, 0.4) is 0 Å². The minimum atomic E-state index is -0.188. The predicted octanol–water partition coefficient (Wildman–Crippen LogP) is 2.27. The second kappa shape index (κ2) is 6.80. The number of rotatable bonds is 5. The lowest BCUT2D eigenvalue weighted by atomic mass is 10.1. The molecule has 22 heavy (non-hydrogen) atoms. The molecular formula is C16H18N2O4. The first-order chi connectivity index (χ1) is 10.6. The lowest BCUT2D eigenvalue weighted by molar-refractivity contribution is 0.348. The van der Waals surface area contributed by atoms with Crippen LogP contribution >= 0.6 is 0 Å². The fourth-order valence-corrected chi connectivity index (χ4v) is 2.03. The Morgan fingerprint density at radius 1 is 0.955 bits per heavy atom. The molecular weight excluding hydrogens is 284 g/mol. The number of nitrogens with one attached hydrogen (secondary N) is 1. The van der Waals surface area contributed by atoms with Crippen molar-refractivity contribution in [1.82, 2.24) is 9.97 Å². The highest BCUT2D eigenvalue weighted by atomic mass is 16.5. The number of hydrogen-bond acceptors (Lipinski definition) is 5. The molecule has 0 unspecified atom stereocenters. The molecule has 0 amide bonds. The molecule has 1 heterocycles. The van der Waals surface area contributed by atoms with Crippen molar-refractivity contribution in [2.75, 3.05) is 21.3 Å². The Labute approximate surface area is 128 Å². The van der Waals surface area contributed by atoms with E-state index >= 15 is 0 Å². The van der Waals surface area contributed by atoms with Gasteiger partial charge in [-0.1, -0.05) is 0 Å². The highest BCUT2D eigenvalue weighted by Gasteiger charge is 2.10. The number of aromatic nitrogens is 2. The van der Waals surface area contributed by atoms with Gasteiger partial charge in [0.2, 0.25) is 0 Å². The van der Waals surface area contributed by atoms with Crippen LogP contribution in [-0.2, 0) is 0 Å². The van der Waals surface area contributed by atoms with Crippen LogP contribution in [0.2, 0.25) is 0 Å². The SMILES string of the molecule is COc1cc(OC)c(OC)cc1C=Cc1nc(C)cc(=O)[nH]1. The fraction of sp³-hybridized carbons (Fsp3) is 0.250. The summed E-state index contributed by atoms with van der Waals surface area (Å²) in [6.45, 7) is 1.77. The third-order valence-corrected chi connectivity index (χ3v) is 3.04. The molecule has 1 aromatic heterocycles. The first kappa shape index (κ1) is 15.6. The first-order valence-electron chi connectivity index (χ1n) is 6.63. The van der Waals surface area contributed by atoms with Gasteiger partial charge in [0, 0.05) is 23.4 Å². The number of benzene rings is 1. The van der Waals surface area contributed by atoms with E-state index in [1.807, 2.05) is 0 Å². The van der Waals surface area contributed by atoms with E-state index in [0.717, 1.165) is 5.56 Å². The maximum Gasteiger partial charge on any atom is 0.251 e. The third kappa shape index (κ3) is 3.46. The number of aromatic amines is 1. The summed E-state index contributed by atoms with van der Waals surface area (Å²) in [4.78, 5) is 18.3. The average molecular weight is 302 g/mol. The zero-order chi connectivity index (χ0) is 16.1. The minimum Gasteiger partial charge on any atom is -0.496 e. The topological polar surface area (TPSA) is 73.4 Å². The Hall–Kier alpha value is -2.76. The van der Waals surface area contributed by atoms with Crippen molar-refractivity contribution < 1.29 is 14.2 Å². The van der Waals surface area contributed by atoms with E-state index in [-0.39, 0.29) is 5.56 Å². The summed E-state index contributed by atoms with van der Waals surface area (Å²) in [6.07, 6.45) is 3.50. The van der Waals surface area contributed by atoms with E-state index in [4.69, 9.17) is 14.2 Å². The number of H-pyrrole nitrogens is 1. The van der Waals surface area contributed by atoms with Crippen molar-refractivity contribution in [2.24, 2.45) is 0 Å². The molecule has 0 aliphatic rings. The summed E-state index contributed by atoms with van der Waals surface area (Å²) in [5.41, 5.74) is 1.25. The normalized spacial score (nSPS) is 10.7. The van der Waals surface area contributed by atoms with E-state index in [0.29, 0.717) is 28.8 Å².